The molecule has 1 N–H and O–H groups in total. The van der Waals surface area contributed by atoms with Gasteiger partial charge in [-0.2, -0.15) is 0 Å². The van der Waals surface area contributed by atoms with Gasteiger partial charge in [-0.1, -0.05) is 29.8 Å². The van der Waals surface area contributed by atoms with E-state index < -0.39 is 5.97 Å². The van der Waals surface area contributed by atoms with Gasteiger partial charge in [-0.05, 0) is 31.6 Å². The first-order valence-corrected chi connectivity index (χ1v) is 6.25. The van der Waals surface area contributed by atoms with E-state index in [1.807, 2.05) is 19.9 Å². The van der Waals surface area contributed by atoms with Crippen LogP contribution in [0, 0.1) is 0 Å². The number of esters is 1. The number of hydrogen-bond donors (Lipinski definition) is 1. The van der Waals surface area contributed by atoms with Crippen molar-refractivity contribution in [1.29, 1.82) is 0 Å². The molecule has 5 heteroatoms. The molecule has 0 atom stereocenters. The van der Waals surface area contributed by atoms with E-state index in [4.69, 9.17) is 16.3 Å². The third kappa shape index (κ3) is 6.06. The standard InChI is InChI=1S/C14H16ClNO3/c1-10(2)16-13(17)9-19-14(18)8-7-11-5-3-4-6-12(11)15/h3-8,10H,9H2,1-2H3,(H,16,17). The normalized spacial score (nSPS) is 10.7. The summed E-state index contributed by atoms with van der Waals surface area (Å²) in [6.07, 6.45) is 2.79. The first-order valence-electron chi connectivity index (χ1n) is 5.87. The average molecular weight is 282 g/mol. The Labute approximate surface area is 117 Å². The molecule has 0 aromatic heterocycles. The van der Waals surface area contributed by atoms with E-state index in [9.17, 15) is 9.59 Å². The third-order valence-electron chi connectivity index (χ3n) is 2.10. The lowest BCUT2D eigenvalue weighted by atomic mass is 10.2. The highest BCUT2D eigenvalue weighted by Crippen LogP contribution is 2.16. The lowest BCUT2D eigenvalue weighted by Gasteiger charge is -2.07. The van der Waals surface area contributed by atoms with Crippen LogP contribution in [0.2, 0.25) is 5.02 Å². The Morgan fingerprint density at radius 1 is 1.37 bits per heavy atom. The molecule has 0 radical (unpaired) electrons. The minimum atomic E-state index is -0.584. The maximum absolute atomic E-state index is 11.4. The van der Waals surface area contributed by atoms with Crippen LogP contribution in [-0.2, 0) is 14.3 Å². The highest BCUT2D eigenvalue weighted by atomic mass is 35.5. The topological polar surface area (TPSA) is 55.4 Å². The summed E-state index contributed by atoms with van der Waals surface area (Å²) in [7, 11) is 0. The van der Waals surface area contributed by atoms with E-state index in [2.05, 4.69) is 5.32 Å². The molecule has 0 saturated carbocycles. The fourth-order valence-corrected chi connectivity index (χ4v) is 1.52. The van der Waals surface area contributed by atoms with E-state index in [-0.39, 0.29) is 18.6 Å². The number of amides is 1. The molecule has 0 aliphatic carbocycles. The van der Waals surface area contributed by atoms with Gasteiger partial charge in [0.05, 0.1) is 0 Å². The molecule has 0 fully saturated rings. The number of benzene rings is 1. The van der Waals surface area contributed by atoms with Crippen molar-refractivity contribution in [3.8, 4) is 0 Å². The Morgan fingerprint density at radius 2 is 2.05 bits per heavy atom. The molecule has 0 unspecified atom stereocenters. The predicted molar refractivity (Wildman–Crippen MR) is 74.7 cm³/mol. The van der Waals surface area contributed by atoms with Gasteiger partial charge in [0.25, 0.3) is 5.91 Å². The fraction of sp³-hybridized carbons (Fsp3) is 0.286. The van der Waals surface area contributed by atoms with Crippen LogP contribution >= 0.6 is 11.6 Å². The minimum Gasteiger partial charge on any atom is -0.452 e. The van der Waals surface area contributed by atoms with Crippen LogP contribution < -0.4 is 5.32 Å². The van der Waals surface area contributed by atoms with Crippen molar-refractivity contribution in [2.45, 2.75) is 19.9 Å². The highest BCUT2D eigenvalue weighted by molar-refractivity contribution is 6.32. The van der Waals surface area contributed by atoms with E-state index in [0.29, 0.717) is 10.6 Å². The van der Waals surface area contributed by atoms with Crippen LogP contribution in [-0.4, -0.2) is 24.5 Å². The molecular formula is C14H16ClNO3. The second-order valence-corrected chi connectivity index (χ2v) is 4.59. The average Bonchev–Trinajstić information content (AvgIpc) is 2.34. The molecule has 1 amide bonds. The largest absolute Gasteiger partial charge is 0.452 e. The van der Waals surface area contributed by atoms with Crippen LogP contribution in [0.15, 0.2) is 30.3 Å². The summed E-state index contributed by atoms with van der Waals surface area (Å²) in [5, 5.41) is 3.17. The minimum absolute atomic E-state index is 0.0184. The summed E-state index contributed by atoms with van der Waals surface area (Å²) < 4.78 is 4.79. The maximum atomic E-state index is 11.4. The highest BCUT2D eigenvalue weighted by Gasteiger charge is 2.06. The van der Waals surface area contributed by atoms with Crippen molar-refractivity contribution in [2.24, 2.45) is 0 Å². The number of halogens is 1. The van der Waals surface area contributed by atoms with Gasteiger partial charge >= 0.3 is 5.97 Å². The molecule has 0 saturated heterocycles. The summed E-state index contributed by atoms with van der Waals surface area (Å²) in [6.45, 7) is 3.37. The van der Waals surface area contributed by atoms with Crippen molar-refractivity contribution >= 4 is 29.6 Å². The monoisotopic (exact) mass is 281 g/mol. The molecule has 1 aromatic carbocycles. The van der Waals surface area contributed by atoms with Crippen LogP contribution in [0.1, 0.15) is 19.4 Å². The Balaban J connectivity index is 2.44. The summed E-state index contributed by atoms with van der Waals surface area (Å²) in [5.74, 6) is -0.909. The zero-order valence-electron chi connectivity index (χ0n) is 10.9. The molecule has 4 nitrogen and oxygen atoms in total. The molecule has 1 rings (SSSR count). The Kier molecular flexibility index (Phi) is 6.09. The second-order valence-electron chi connectivity index (χ2n) is 4.18. The quantitative estimate of drug-likeness (QED) is 0.666. The number of nitrogens with one attached hydrogen (secondary N) is 1. The molecule has 0 bridgehead atoms. The van der Waals surface area contributed by atoms with E-state index in [1.165, 1.54) is 6.08 Å². The zero-order chi connectivity index (χ0) is 14.3. The number of rotatable bonds is 5. The smallest absolute Gasteiger partial charge is 0.331 e. The Bertz CT molecular complexity index is 483. The van der Waals surface area contributed by atoms with Gasteiger partial charge in [-0.15, -0.1) is 0 Å². The summed E-state index contributed by atoms with van der Waals surface area (Å²) in [5.41, 5.74) is 0.716. The van der Waals surface area contributed by atoms with Crippen LogP contribution in [0.4, 0.5) is 0 Å². The van der Waals surface area contributed by atoms with E-state index in [1.54, 1.807) is 24.3 Å². The van der Waals surface area contributed by atoms with Gasteiger partial charge in [0.1, 0.15) is 0 Å². The lowest BCUT2D eigenvalue weighted by Crippen LogP contribution is -2.33. The van der Waals surface area contributed by atoms with Crippen molar-refractivity contribution in [1.82, 2.24) is 5.32 Å². The van der Waals surface area contributed by atoms with E-state index in [0.717, 1.165) is 0 Å². The third-order valence-corrected chi connectivity index (χ3v) is 2.44. The second kappa shape index (κ2) is 7.59. The Hall–Kier alpha value is -1.81. The molecule has 102 valence electrons. The van der Waals surface area contributed by atoms with Gasteiger partial charge in [0.2, 0.25) is 0 Å². The SMILES string of the molecule is CC(C)NC(=O)COC(=O)C=Cc1ccccc1Cl. The number of carbonyl (C=O) groups excluding carboxylic acids is 2. The zero-order valence-corrected chi connectivity index (χ0v) is 11.6. The van der Waals surface area contributed by atoms with Crippen molar-refractivity contribution in [2.75, 3.05) is 6.61 Å². The Morgan fingerprint density at radius 3 is 2.68 bits per heavy atom. The van der Waals surface area contributed by atoms with Crippen LogP contribution in [0.3, 0.4) is 0 Å². The molecule has 0 aliphatic heterocycles. The number of ether oxygens (including phenoxy) is 1. The van der Waals surface area contributed by atoms with Gasteiger partial charge in [0, 0.05) is 17.1 Å². The lowest BCUT2D eigenvalue weighted by molar-refractivity contribution is -0.143. The maximum Gasteiger partial charge on any atom is 0.331 e. The number of carbonyl (C=O) groups is 2. The molecule has 0 aliphatic rings. The first kappa shape index (κ1) is 15.2. The fourth-order valence-electron chi connectivity index (χ4n) is 1.32. The number of hydrogen-bond acceptors (Lipinski definition) is 3. The van der Waals surface area contributed by atoms with Crippen molar-refractivity contribution in [3.63, 3.8) is 0 Å². The molecule has 0 heterocycles. The van der Waals surface area contributed by atoms with Crippen molar-refractivity contribution < 1.29 is 14.3 Å². The van der Waals surface area contributed by atoms with E-state index >= 15 is 0 Å². The van der Waals surface area contributed by atoms with Crippen LogP contribution in [0.5, 0.6) is 0 Å². The molecule has 0 spiro atoms. The van der Waals surface area contributed by atoms with Gasteiger partial charge in [-0.3, -0.25) is 4.79 Å². The predicted octanol–water partition coefficient (Wildman–Crippen LogP) is 2.42. The van der Waals surface area contributed by atoms with Gasteiger partial charge < -0.3 is 10.1 Å². The molecule has 19 heavy (non-hydrogen) atoms. The molecule has 1 aromatic rings. The summed E-state index contributed by atoms with van der Waals surface area (Å²) >= 11 is 5.93. The van der Waals surface area contributed by atoms with Crippen LogP contribution in [0.25, 0.3) is 6.08 Å². The van der Waals surface area contributed by atoms with Gasteiger partial charge in [-0.25, -0.2) is 4.79 Å². The first-order chi connectivity index (χ1) is 8.99. The molecular weight excluding hydrogens is 266 g/mol. The summed E-state index contributed by atoms with van der Waals surface area (Å²) in [4.78, 5) is 22.6. The summed E-state index contributed by atoms with van der Waals surface area (Å²) in [6, 6.07) is 7.13. The van der Waals surface area contributed by atoms with Crippen molar-refractivity contribution in [3.05, 3.63) is 40.9 Å². The van der Waals surface area contributed by atoms with Gasteiger partial charge in [0.15, 0.2) is 6.61 Å².